The summed E-state index contributed by atoms with van der Waals surface area (Å²) in [7, 11) is 0. The molecule has 0 saturated heterocycles. The van der Waals surface area contributed by atoms with Crippen LogP contribution in [0.1, 0.15) is 168 Å². The molecule has 1 aromatic rings. The molecule has 9 nitrogen and oxygen atoms in total. The zero-order valence-corrected chi connectivity index (χ0v) is 39.3. The fraction of sp³-hybridized carbons (Fsp3) is 0.750. The lowest BCUT2D eigenvalue weighted by atomic mass is 9.33. The molecular weight excluding hydrogens is 800 g/mol. The molecule has 11 atom stereocenters. The molecule has 62 heavy (non-hydrogen) atoms. The number of aliphatic carboxylic acids is 1. The molecule has 8 aliphatic rings. The number of rotatable bonds is 10. The fourth-order valence-electron chi connectivity index (χ4n) is 16.9. The summed E-state index contributed by atoms with van der Waals surface area (Å²) in [5.74, 6) is -1.10. The van der Waals surface area contributed by atoms with Gasteiger partial charge in [0.15, 0.2) is 5.78 Å². The van der Waals surface area contributed by atoms with Gasteiger partial charge in [-0.2, -0.15) is 0 Å². The fourth-order valence-corrected chi connectivity index (χ4v) is 17.0. The summed E-state index contributed by atoms with van der Waals surface area (Å²) in [6.07, 6.45) is 13.5. The zero-order valence-electron chi connectivity index (χ0n) is 38.6. The Hall–Kier alpha value is -3.20. The van der Waals surface area contributed by atoms with Crippen molar-refractivity contribution >= 4 is 41.1 Å². The molecule has 0 aromatic heterocycles. The maximum absolute atomic E-state index is 14.3. The van der Waals surface area contributed by atoms with Crippen LogP contribution in [0.2, 0.25) is 5.02 Å². The second-order valence-corrected chi connectivity index (χ2v) is 24.3. The Labute approximate surface area is 374 Å². The first kappa shape index (κ1) is 44.0. The van der Waals surface area contributed by atoms with Gasteiger partial charge < -0.3 is 20.5 Å². The molecule has 1 spiro atoms. The van der Waals surface area contributed by atoms with Crippen LogP contribution in [0.25, 0.3) is 0 Å². The molecule has 0 unspecified atom stereocenters. The van der Waals surface area contributed by atoms with Crippen molar-refractivity contribution in [3.05, 3.63) is 46.0 Å². The Morgan fingerprint density at radius 3 is 2.15 bits per heavy atom. The molecule has 7 saturated carbocycles. The average molecular weight is 872 g/mol. The topological polar surface area (TPSA) is 139 Å². The first-order valence-electron chi connectivity index (χ1n) is 24.1. The number of benzene rings is 1. The number of carboxylic acid groups (broad SMARTS) is 1. The summed E-state index contributed by atoms with van der Waals surface area (Å²) in [5, 5.41) is 16.9. The predicted molar refractivity (Wildman–Crippen MR) is 238 cm³/mol. The molecule has 7 fully saturated rings. The number of nitrogens with one attached hydrogen (secondary N) is 2. The van der Waals surface area contributed by atoms with Crippen LogP contribution in [0.3, 0.4) is 0 Å². The Kier molecular flexibility index (Phi) is 10.2. The van der Waals surface area contributed by atoms with Crippen molar-refractivity contribution in [1.82, 2.24) is 10.6 Å². The summed E-state index contributed by atoms with van der Waals surface area (Å²) >= 11 is 6.09. The molecule has 0 bridgehead atoms. The minimum Gasteiger partial charge on any atom is -0.481 e. The van der Waals surface area contributed by atoms with E-state index < -0.39 is 28.3 Å². The SMILES string of the molecule is CC(C)C1=C2[C@H]3CC[C@@H]4[C@@]5(C)CC[C@H](OC(=O)[C@H]6C[C@@H](C(=O)O)C6(C)C)[C@@]6(C)C[C@]65CC[C@@]4(C)[C@]3(C)CC[C@@]2(CC(=O)NCC2(NC(=O)c3ccc(Cl)cc3)CCCC2)CC1=O. The number of allylic oxidation sites excluding steroid dienone is 2. The van der Waals surface area contributed by atoms with E-state index in [0.717, 1.165) is 89.0 Å². The molecule has 8 aliphatic carbocycles. The highest BCUT2D eigenvalue weighted by Gasteiger charge is 2.82. The molecular formula is C52H71ClN2O7. The number of esters is 1. The summed E-state index contributed by atoms with van der Waals surface area (Å²) in [6, 6.07) is 6.91. The van der Waals surface area contributed by atoms with E-state index in [-0.39, 0.29) is 74.5 Å². The average Bonchev–Trinajstić information content (AvgIpc) is 3.43. The summed E-state index contributed by atoms with van der Waals surface area (Å²) in [5.41, 5.74) is 1.32. The first-order valence-corrected chi connectivity index (χ1v) is 24.5. The lowest BCUT2D eigenvalue weighted by Crippen LogP contribution is -2.64. The number of carboxylic acids is 1. The maximum atomic E-state index is 14.3. The van der Waals surface area contributed by atoms with Gasteiger partial charge in [-0.15, -0.1) is 0 Å². The van der Waals surface area contributed by atoms with Crippen LogP contribution in [0, 0.1) is 67.5 Å². The molecule has 0 aliphatic heterocycles. The molecule has 2 amide bonds. The minimum atomic E-state index is -0.832. The van der Waals surface area contributed by atoms with E-state index in [4.69, 9.17) is 16.3 Å². The van der Waals surface area contributed by atoms with Crippen LogP contribution in [0.15, 0.2) is 35.4 Å². The Bertz CT molecular complexity index is 2120. The number of amides is 2. The Morgan fingerprint density at radius 2 is 1.50 bits per heavy atom. The van der Waals surface area contributed by atoms with E-state index in [1.165, 1.54) is 5.57 Å². The van der Waals surface area contributed by atoms with Crippen LogP contribution in [-0.4, -0.2) is 52.8 Å². The summed E-state index contributed by atoms with van der Waals surface area (Å²) < 4.78 is 6.47. The van der Waals surface area contributed by atoms with Crippen LogP contribution in [0.5, 0.6) is 0 Å². The van der Waals surface area contributed by atoms with E-state index in [9.17, 15) is 29.1 Å². The molecule has 3 N–H and O–H groups in total. The molecule has 1 aromatic carbocycles. The van der Waals surface area contributed by atoms with E-state index in [1.54, 1.807) is 24.3 Å². The highest BCUT2D eigenvalue weighted by Crippen LogP contribution is 2.87. The number of ketones is 1. The third-order valence-corrected chi connectivity index (χ3v) is 21.0. The smallest absolute Gasteiger partial charge is 0.309 e. The van der Waals surface area contributed by atoms with Crippen LogP contribution in [0.4, 0.5) is 0 Å². The summed E-state index contributed by atoms with van der Waals surface area (Å²) in [4.78, 5) is 67.5. The molecule has 0 radical (unpaired) electrons. The van der Waals surface area contributed by atoms with E-state index in [1.807, 2.05) is 13.8 Å². The lowest BCUT2D eigenvalue weighted by molar-refractivity contribution is -0.221. The second-order valence-electron chi connectivity index (χ2n) is 23.8. The minimum absolute atomic E-state index is 0.0315. The van der Waals surface area contributed by atoms with E-state index in [0.29, 0.717) is 42.3 Å². The third kappa shape index (κ3) is 6.06. The second kappa shape index (κ2) is 14.4. The van der Waals surface area contributed by atoms with Crippen molar-refractivity contribution in [2.24, 2.45) is 67.5 Å². The Morgan fingerprint density at radius 1 is 0.823 bits per heavy atom. The van der Waals surface area contributed by atoms with Gasteiger partial charge in [0.1, 0.15) is 6.10 Å². The maximum Gasteiger partial charge on any atom is 0.309 e. The van der Waals surface area contributed by atoms with Crippen LogP contribution >= 0.6 is 11.6 Å². The van der Waals surface area contributed by atoms with Crippen molar-refractivity contribution in [2.75, 3.05) is 6.54 Å². The van der Waals surface area contributed by atoms with Crippen LogP contribution < -0.4 is 10.6 Å². The van der Waals surface area contributed by atoms with Gasteiger partial charge in [-0.3, -0.25) is 24.0 Å². The predicted octanol–water partition coefficient (Wildman–Crippen LogP) is 10.3. The van der Waals surface area contributed by atoms with E-state index in [2.05, 4.69) is 52.2 Å². The van der Waals surface area contributed by atoms with Gasteiger partial charge in [0.25, 0.3) is 5.91 Å². The van der Waals surface area contributed by atoms with Gasteiger partial charge in [0.05, 0.1) is 17.4 Å². The number of halogens is 1. The van der Waals surface area contributed by atoms with Gasteiger partial charge in [0, 0.05) is 40.8 Å². The number of hydrogen-bond donors (Lipinski definition) is 3. The lowest BCUT2D eigenvalue weighted by Gasteiger charge is -2.71. The highest BCUT2D eigenvalue weighted by molar-refractivity contribution is 6.30. The number of Topliss-reactive ketones (excluding diaryl/α,β-unsaturated/α-hetero) is 1. The quantitative estimate of drug-likeness (QED) is 0.199. The molecule has 0 heterocycles. The number of ether oxygens (including phenoxy) is 1. The number of fused-ring (bicyclic) bond motifs is 6. The van der Waals surface area contributed by atoms with Crippen LogP contribution in [-0.2, 0) is 23.9 Å². The first-order chi connectivity index (χ1) is 29.0. The normalized spacial score (nSPS) is 42.0. The molecule has 10 heteroatoms. The molecule has 338 valence electrons. The van der Waals surface area contributed by atoms with Gasteiger partial charge >= 0.3 is 11.9 Å². The van der Waals surface area contributed by atoms with Gasteiger partial charge in [0.2, 0.25) is 5.91 Å². The number of carbonyl (C=O) groups is 5. The summed E-state index contributed by atoms with van der Waals surface area (Å²) in [6.45, 7) is 18.5. The van der Waals surface area contributed by atoms with Gasteiger partial charge in [-0.05, 0) is 152 Å². The number of carbonyl (C=O) groups excluding carboxylic acids is 4. The van der Waals surface area contributed by atoms with Crippen molar-refractivity contribution in [2.45, 2.75) is 170 Å². The zero-order chi connectivity index (χ0) is 44.6. The Balaban J connectivity index is 0.929. The largest absolute Gasteiger partial charge is 0.481 e. The van der Waals surface area contributed by atoms with Crippen molar-refractivity contribution in [3.8, 4) is 0 Å². The molecule has 9 rings (SSSR count). The van der Waals surface area contributed by atoms with Gasteiger partial charge in [-0.1, -0.05) is 85.4 Å². The van der Waals surface area contributed by atoms with Crippen molar-refractivity contribution in [3.63, 3.8) is 0 Å². The standard InChI is InChI=1S/C52H71ClN2O7/c1-30(2)40-36(56)26-50(27-39(57)54-29-51(18-9-10-19-51)55-42(58)31-11-13-32(53)14-12-31)23-21-46(5)33(41(40)50)15-16-37-47(46,6)22-24-52-28-49(52,8)38(17-20-48(37,52)7)62-44(61)35-25-34(43(59)60)45(35,3)4/h11-14,30,33-35,37-38H,9-10,15-29H2,1-8H3,(H,54,57)(H,55,58)(H,59,60)/t33-,34+,35-,37+,38+,46-,47-,48-,49-,50+,52+/m1/s1. The monoisotopic (exact) mass is 870 g/mol. The van der Waals surface area contributed by atoms with Gasteiger partial charge in [-0.25, -0.2) is 0 Å². The highest BCUT2D eigenvalue weighted by atomic mass is 35.5. The van der Waals surface area contributed by atoms with Crippen molar-refractivity contribution in [1.29, 1.82) is 0 Å². The number of hydrogen-bond acceptors (Lipinski definition) is 6. The van der Waals surface area contributed by atoms with Crippen molar-refractivity contribution < 1.29 is 33.8 Å². The van der Waals surface area contributed by atoms with E-state index >= 15 is 0 Å². The third-order valence-electron chi connectivity index (χ3n) is 20.8.